The lowest BCUT2D eigenvalue weighted by Gasteiger charge is -2.16. The number of carboxylic acids is 1. The fourth-order valence-electron chi connectivity index (χ4n) is 1.93. The smallest absolute Gasteiger partial charge is 0.317 e. The second kappa shape index (κ2) is 10.4. The van der Waals surface area contributed by atoms with Crippen molar-refractivity contribution in [1.29, 1.82) is 0 Å². The summed E-state index contributed by atoms with van der Waals surface area (Å²) in [7, 11) is 0. The van der Waals surface area contributed by atoms with Gasteiger partial charge in [0, 0.05) is 17.8 Å². The maximum absolute atomic E-state index is 11.1. The number of benzene rings is 1. The van der Waals surface area contributed by atoms with E-state index < -0.39 is 11.9 Å². The Morgan fingerprint density at radius 1 is 1.30 bits per heavy atom. The Balaban J connectivity index is 0.000000257. The highest BCUT2D eigenvalue weighted by atomic mass is 16.5. The number of fused-ring (bicyclic) bond motifs is 1. The normalized spacial score (nSPS) is 12.0. The van der Waals surface area contributed by atoms with E-state index in [0.29, 0.717) is 12.1 Å². The number of rotatable bonds is 6. The van der Waals surface area contributed by atoms with Crippen molar-refractivity contribution in [2.75, 3.05) is 25.0 Å². The molecule has 0 radical (unpaired) electrons. The average molecular weight is 321 g/mol. The van der Waals surface area contributed by atoms with E-state index in [9.17, 15) is 9.59 Å². The number of hydrogen-bond acceptors (Lipinski definition) is 5. The number of hydroxylamine groups is 1. The highest BCUT2D eigenvalue weighted by molar-refractivity contribution is 6.00. The van der Waals surface area contributed by atoms with Crippen LogP contribution in [0.25, 0.3) is 6.08 Å². The van der Waals surface area contributed by atoms with Crippen molar-refractivity contribution < 1.29 is 19.9 Å². The fraction of sp³-hybridized carbons (Fsp3) is 0.375. The maximum atomic E-state index is 11.1. The van der Waals surface area contributed by atoms with Crippen LogP contribution in [0.1, 0.15) is 25.3 Å². The van der Waals surface area contributed by atoms with E-state index in [1.807, 2.05) is 24.3 Å². The molecule has 23 heavy (non-hydrogen) atoms. The molecule has 1 aliphatic heterocycles. The Hall–Kier alpha value is -2.38. The Bertz CT molecular complexity index is 558. The van der Waals surface area contributed by atoms with Crippen LogP contribution in [0.5, 0.6) is 0 Å². The van der Waals surface area contributed by atoms with Gasteiger partial charge in [-0.15, -0.1) is 0 Å². The number of carboxylic acid groups (broad SMARTS) is 1. The topological polar surface area (TPSA) is 111 Å². The molecule has 0 spiro atoms. The van der Waals surface area contributed by atoms with Gasteiger partial charge in [0.15, 0.2) is 0 Å². The van der Waals surface area contributed by atoms with Crippen molar-refractivity contribution in [1.82, 2.24) is 10.8 Å². The summed E-state index contributed by atoms with van der Waals surface area (Å²) >= 11 is 0. The number of carbonyl (C=O) groups excluding carboxylic acids is 1. The first-order valence-corrected chi connectivity index (χ1v) is 7.49. The van der Waals surface area contributed by atoms with Crippen molar-refractivity contribution in [2.24, 2.45) is 0 Å². The van der Waals surface area contributed by atoms with Crippen LogP contribution in [0, 0.1) is 0 Å². The summed E-state index contributed by atoms with van der Waals surface area (Å²) in [4.78, 5) is 21.0. The molecule has 0 fully saturated rings. The second-order valence-electron chi connectivity index (χ2n) is 4.98. The Morgan fingerprint density at radius 2 is 2.04 bits per heavy atom. The molecule has 0 bridgehead atoms. The van der Waals surface area contributed by atoms with E-state index in [0.717, 1.165) is 30.6 Å². The van der Waals surface area contributed by atoms with E-state index in [2.05, 4.69) is 17.6 Å². The summed E-state index contributed by atoms with van der Waals surface area (Å²) in [6.45, 7) is 3.40. The molecule has 1 amide bonds. The van der Waals surface area contributed by atoms with Crippen molar-refractivity contribution in [3.8, 4) is 0 Å². The van der Waals surface area contributed by atoms with Crippen molar-refractivity contribution in [2.45, 2.75) is 19.8 Å². The summed E-state index contributed by atoms with van der Waals surface area (Å²) in [6, 6.07) is 7.68. The first-order valence-electron chi connectivity index (χ1n) is 7.49. The zero-order valence-corrected chi connectivity index (χ0v) is 13.1. The maximum Gasteiger partial charge on any atom is 0.317 e. The minimum absolute atomic E-state index is 0.0833. The van der Waals surface area contributed by atoms with Crippen LogP contribution in [-0.2, 0) is 9.59 Å². The molecule has 7 heteroatoms. The number of anilines is 1. The molecular weight excluding hydrogens is 298 g/mol. The molecule has 1 heterocycles. The van der Waals surface area contributed by atoms with E-state index in [-0.39, 0.29) is 6.54 Å². The van der Waals surface area contributed by atoms with Gasteiger partial charge >= 0.3 is 5.97 Å². The summed E-state index contributed by atoms with van der Waals surface area (Å²) in [5.74, 6) is -1.25. The number of carbonyl (C=O) groups is 2. The zero-order valence-electron chi connectivity index (χ0n) is 13.1. The lowest BCUT2D eigenvalue weighted by Crippen LogP contribution is -2.26. The zero-order chi connectivity index (χ0) is 17.1. The van der Waals surface area contributed by atoms with E-state index in [1.165, 1.54) is 0 Å². The van der Waals surface area contributed by atoms with Gasteiger partial charge in [-0.25, -0.2) is 5.48 Å². The number of hydrogen-bond donors (Lipinski definition) is 5. The van der Waals surface area contributed by atoms with E-state index in [1.54, 1.807) is 11.6 Å². The van der Waals surface area contributed by atoms with Crippen LogP contribution in [0.3, 0.4) is 0 Å². The van der Waals surface area contributed by atoms with Crippen molar-refractivity contribution in [3.63, 3.8) is 0 Å². The number of aliphatic carboxylic acids is 1. The summed E-state index contributed by atoms with van der Waals surface area (Å²) in [5.41, 5.74) is 4.10. The quantitative estimate of drug-likeness (QED) is 0.308. The van der Waals surface area contributed by atoms with Crippen molar-refractivity contribution >= 4 is 23.6 Å². The molecule has 0 saturated heterocycles. The van der Waals surface area contributed by atoms with E-state index in [4.69, 9.17) is 10.3 Å². The van der Waals surface area contributed by atoms with Gasteiger partial charge in [0.05, 0.1) is 6.54 Å². The summed E-state index contributed by atoms with van der Waals surface area (Å²) in [6.07, 6.45) is 3.91. The monoisotopic (exact) mass is 321 g/mol. The lowest BCUT2D eigenvalue weighted by molar-refractivity contribution is -0.136. The largest absolute Gasteiger partial charge is 0.480 e. The van der Waals surface area contributed by atoms with Gasteiger partial charge in [-0.3, -0.25) is 14.8 Å². The number of para-hydroxylation sites is 1. The molecule has 126 valence electrons. The van der Waals surface area contributed by atoms with Gasteiger partial charge in [0.1, 0.15) is 0 Å². The van der Waals surface area contributed by atoms with Gasteiger partial charge in [-0.1, -0.05) is 31.5 Å². The van der Waals surface area contributed by atoms with Gasteiger partial charge in [-0.2, -0.15) is 0 Å². The Labute approximate surface area is 135 Å². The van der Waals surface area contributed by atoms with Crippen LogP contribution >= 0.6 is 0 Å². The minimum Gasteiger partial charge on any atom is -0.480 e. The first-order chi connectivity index (χ1) is 11.1. The molecule has 2 rings (SSSR count). The van der Waals surface area contributed by atoms with Crippen molar-refractivity contribution in [3.05, 3.63) is 35.4 Å². The second-order valence-corrected chi connectivity index (χ2v) is 4.98. The first kappa shape index (κ1) is 18.7. The third-order valence-electron chi connectivity index (χ3n) is 3.14. The highest BCUT2D eigenvalue weighted by Crippen LogP contribution is 2.22. The standard InChI is InChI=1S/C10H10N2O2.C6H13NO2/c13-10(12-14)8-5-7-3-1-2-4-9(7)11-6-8;1-2-3-4-7-5-6(8)9/h1-5,11,14H,6H2,(H,12,13);7H,2-5H2,1H3,(H,8,9). The third kappa shape index (κ3) is 6.94. The fourth-order valence-corrected chi connectivity index (χ4v) is 1.93. The number of amides is 1. The molecule has 1 aliphatic rings. The van der Waals surface area contributed by atoms with Gasteiger partial charge < -0.3 is 15.7 Å². The van der Waals surface area contributed by atoms with E-state index >= 15 is 0 Å². The predicted molar refractivity (Wildman–Crippen MR) is 88.3 cm³/mol. The third-order valence-corrected chi connectivity index (χ3v) is 3.14. The van der Waals surface area contributed by atoms with Gasteiger partial charge in [0.25, 0.3) is 5.91 Å². The molecule has 0 saturated carbocycles. The Kier molecular flexibility index (Phi) is 8.41. The van der Waals surface area contributed by atoms with Gasteiger partial charge in [-0.05, 0) is 30.7 Å². The molecule has 0 aromatic heterocycles. The molecule has 7 nitrogen and oxygen atoms in total. The van der Waals surface area contributed by atoms with Crippen LogP contribution in [0.15, 0.2) is 29.8 Å². The minimum atomic E-state index is -0.786. The Morgan fingerprint density at radius 3 is 2.70 bits per heavy atom. The van der Waals surface area contributed by atoms with Crippen LogP contribution in [-0.4, -0.2) is 41.8 Å². The molecule has 0 atom stereocenters. The molecule has 1 aromatic rings. The molecule has 0 aliphatic carbocycles. The summed E-state index contributed by atoms with van der Waals surface area (Å²) < 4.78 is 0. The summed E-state index contributed by atoms with van der Waals surface area (Å²) in [5, 5.41) is 22.5. The van der Waals surface area contributed by atoms with Crippen LogP contribution in [0.4, 0.5) is 5.69 Å². The SMILES string of the molecule is CCCCNCC(=O)O.O=C(NO)C1=Cc2ccccc2NC1. The van der Waals surface area contributed by atoms with Crippen LogP contribution in [0.2, 0.25) is 0 Å². The highest BCUT2D eigenvalue weighted by Gasteiger charge is 2.13. The molecule has 0 unspecified atom stereocenters. The average Bonchev–Trinajstić information content (AvgIpc) is 2.58. The molecule has 1 aromatic carbocycles. The predicted octanol–water partition coefficient (Wildman–Crippen LogP) is 1.46. The number of nitrogens with one attached hydrogen (secondary N) is 3. The molecular formula is C16H23N3O4. The van der Waals surface area contributed by atoms with Crippen LogP contribution < -0.4 is 16.1 Å². The lowest BCUT2D eigenvalue weighted by atomic mass is 10.0. The number of unbranched alkanes of at least 4 members (excludes halogenated alkanes) is 1. The van der Waals surface area contributed by atoms with Gasteiger partial charge in [0.2, 0.25) is 0 Å². The molecule has 5 N–H and O–H groups in total.